The highest BCUT2D eigenvalue weighted by molar-refractivity contribution is 5.94. The van der Waals surface area contributed by atoms with Gasteiger partial charge in [0.05, 0.1) is 23.9 Å². The summed E-state index contributed by atoms with van der Waals surface area (Å²) in [4.78, 5) is 17.2. The smallest absolute Gasteiger partial charge is 0.251 e. The van der Waals surface area contributed by atoms with E-state index in [2.05, 4.69) is 44.5 Å². The number of aromatic nitrogens is 2. The normalized spacial score (nSPS) is 13.8. The highest BCUT2D eigenvalue weighted by Crippen LogP contribution is 2.17. The molecule has 0 aliphatic carbocycles. The van der Waals surface area contributed by atoms with E-state index in [4.69, 9.17) is 5.26 Å². The largest absolute Gasteiger partial charge is 0.352 e. The van der Waals surface area contributed by atoms with Crippen LogP contribution < -0.4 is 5.32 Å². The summed E-state index contributed by atoms with van der Waals surface area (Å²) in [6.45, 7) is 0.583. The lowest BCUT2D eigenvalue weighted by Gasteiger charge is -2.10. The third kappa shape index (κ3) is 6.31. The Bertz CT molecular complexity index is 1290. The fourth-order valence-electron chi connectivity index (χ4n) is 3.73. The van der Waals surface area contributed by atoms with Crippen molar-refractivity contribution in [2.24, 2.45) is 4.99 Å². The predicted molar refractivity (Wildman–Crippen MR) is 133 cm³/mol. The number of amides is 1. The van der Waals surface area contributed by atoms with Crippen LogP contribution in [0.15, 0.2) is 72.0 Å². The fourth-order valence-corrected chi connectivity index (χ4v) is 3.73. The number of nitrogens with zero attached hydrogens (tertiary/aromatic N) is 3. The van der Waals surface area contributed by atoms with E-state index in [1.807, 2.05) is 48.8 Å². The summed E-state index contributed by atoms with van der Waals surface area (Å²) < 4.78 is 0. The van der Waals surface area contributed by atoms with Crippen molar-refractivity contribution >= 4 is 12.1 Å². The van der Waals surface area contributed by atoms with E-state index in [1.165, 1.54) is 0 Å². The Balaban J connectivity index is 1.48. The standard InChI is InChI=1S/C28H25N5O/c29-18-22-5-1-4-21(16-22)8-9-25-17-26(11-10-24(25)12-13-27-7-3-14-30-27)28(34)31-15-2-6-23-19-32-33-20-23/h1,3-5,7,10-11,14,16-17,19-20,27H,2,6,12-13,15H2,(H,31,34)(H,32,33). The zero-order chi connectivity index (χ0) is 23.6. The van der Waals surface area contributed by atoms with Crippen molar-refractivity contribution in [2.75, 3.05) is 6.54 Å². The second-order valence-electron chi connectivity index (χ2n) is 8.07. The highest BCUT2D eigenvalue weighted by Gasteiger charge is 2.11. The molecule has 0 bridgehead atoms. The minimum absolute atomic E-state index is 0.114. The molecule has 1 aliphatic rings. The molecule has 2 heterocycles. The summed E-state index contributed by atoms with van der Waals surface area (Å²) >= 11 is 0. The number of nitriles is 1. The van der Waals surface area contributed by atoms with E-state index in [0.29, 0.717) is 17.7 Å². The molecule has 1 amide bonds. The van der Waals surface area contributed by atoms with Crippen molar-refractivity contribution in [1.82, 2.24) is 15.5 Å². The van der Waals surface area contributed by atoms with E-state index in [9.17, 15) is 4.79 Å². The number of hydrogen-bond donors (Lipinski definition) is 2. The first-order valence-electron chi connectivity index (χ1n) is 11.3. The number of hydrogen-bond acceptors (Lipinski definition) is 4. The number of H-pyrrole nitrogens is 1. The van der Waals surface area contributed by atoms with Crippen LogP contribution in [0.3, 0.4) is 0 Å². The van der Waals surface area contributed by atoms with E-state index in [-0.39, 0.29) is 11.9 Å². The molecule has 168 valence electrons. The summed E-state index contributed by atoms with van der Waals surface area (Å²) in [5.74, 6) is 6.27. The summed E-state index contributed by atoms with van der Waals surface area (Å²) in [6.07, 6.45) is 12.9. The average Bonchev–Trinajstić information content (AvgIpc) is 3.59. The van der Waals surface area contributed by atoms with Gasteiger partial charge in [-0.15, -0.1) is 0 Å². The lowest BCUT2D eigenvalue weighted by atomic mass is 9.97. The van der Waals surface area contributed by atoms with E-state index in [0.717, 1.165) is 47.9 Å². The number of benzene rings is 2. The van der Waals surface area contributed by atoms with Gasteiger partial charge in [-0.25, -0.2) is 0 Å². The van der Waals surface area contributed by atoms with Crippen LogP contribution in [0.4, 0.5) is 0 Å². The van der Waals surface area contributed by atoms with Crippen molar-refractivity contribution in [2.45, 2.75) is 31.7 Å². The molecule has 0 saturated heterocycles. The van der Waals surface area contributed by atoms with E-state index < -0.39 is 0 Å². The van der Waals surface area contributed by atoms with Gasteiger partial charge in [0.15, 0.2) is 0 Å². The van der Waals surface area contributed by atoms with Crippen LogP contribution in [0.5, 0.6) is 0 Å². The first-order valence-corrected chi connectivity index (χ1v) is 11.3. The van der Waals surface area contributed by atoms with Gasteiger partial charge in [-0.05, 0) is 73.2 Å². The van der Waals surface area contributed by atoms with Crippen LogP contribution in [-0.4, -0.2) is 34.9 Å². The maximum absolute atomic E-state index is 12.8. The van der Waals surface area contributed by atoms with Crippen LogP contribution in [0, 0.1) is 23.2 Å². The monoisotopic (exact) mass is 447 g/mol. The number of carbonyl (C=O) groups excluding carboxylic acids is 1. The Hall–Kier alpha value is -4.42. The summed E-state index contributed by atoms with van der Waals surface area (Å²) in [5.41, 5.74) is 4.94. The zero-order valence-electron chi connectivity index (χ0n) is 18.8. The lowest BCUT2D eigenvalue weighted by Crippen LogP contribution is -2.25. The topological polar surface area (TPSA) is 93.9 Å². The molecule has 1 atom stereocenters. The molecule has 34 heavy (non-hydrogen) atoms. The first kappa shape index (κ1) is 22.8. The quantitative estimate of drug-likeness (QED) is 0.404. The zero-order valence-corrected chi connectivity index (χ0v) is 18.8. The Labute approximate surface area is 199 Å². The molecule has 2 N–H and O–H groups in total. The Morgan fingerprint density at radius 3 is 2.82 bits per heavy atom. The van der Waals surface area contributed by atoms with Gasteiger partial charge in [0.1, 0.15) is 0 Å². The molecule has 0 radical (unpaired) electrons. The van der Waals surface area contributed by atoms with Crippen LogP contribution in [0.25, 0.3) is 0 Å². The number of nitrogens with one attached hydrogen (secondary N) is 2. The maximum atomic E-state index is 12.8. The third-order valence-electron chi connectivity index (χ3n) is 5.59. The van der Waals surface area contributed by atoms with Crippen LogP contribution in [0.1, 0.15) is 51.0 Å². The Kier molecular flexibility index (Phi) is 7.66. The van der Waals surface area contributed by atoms with Crippen molar-refractivity contribution in [1.29, 1.82) is 5.26 Å². The number of aromatic amines is 1. The van der Waals surface area contributed by atoms with Gasteiger partial charge in [-0.1, -0.05) is 30.0 Å². The fraction of sp³-hybridized carbons (Fsp3) is 0.214. The number of allylic oxidation sites excluding steroid dienone is 1. The summed E-state index contributed by atoms with van der Waals surface area (Å²) in [6, 6.07) is 15.2. The van der Waals surface area contributed by atoms with Crippen LogP contribution >= 0.6 is 0 Å². The number of carbonyl (C=O) groups is 1. The number of rotatable bonds is 8. The molecule has 6 heteroatoms. The third-order valence-corrected chi connectivity index (χ3v) is 5.59. The second kappa shape index (κ2) is 11.4. The minimum atomic E-state index is -0.114. The average molecular weight is 448 g/mol. The van der Waals surface area contributed by atoms with Gasteiger partial charge in [0.2, 0.25) is 0 Å². The van der Waals surface area contributed by atoms with Gasteiger partial charge in [0.25, 0.3) is 5.91 Å². The molecule has 0 saturated carbocycles. The molecular weight excluding hydrogens is 422 g/mol. The molecule has 0 spiro atoms. The van der Waals surface area contributed by atoms with Crippen molar-refractivity contribution in [3.63, 3.8) is 0 Å². The molecule has 1 unspecified atom stereocenters. The second-order valence-corrected chi connectivity index (χ2v) is 8.07. The van der Waals surface area contributed by atoms with Crippen molar-refractivity contribution < 1.29 is 4.79 Å². The Morgan fingerprint density at radius 2 is 2.03 bits per heavy atom. The first-order chi connectivity index (χ1) is 16.7. The molecular formula is C28H25N5O. The van der Waals surface area contributed by atoms with Crippen LogP contribution in [-0.2, 0) is 12.8 Å². The van der Waals surface area contributed by atoms with Gasteiger partial charge < -0.3 is 5.32 Å². The molecule has 2 aromatic carbocycles. The number of aliphatic imine (C=N–C) groups is 1. The summed E-state index contributed by atoms with van der Waals surface area (Å²) in [7, 11) is 0. The summed E-state index contributed by atoms with van der Waals surface area (Å²) in [5, 5.41) is 18.9. The molecule has 1 aromatic heterocycles. The number of aryl methyl sites for hydroxylation is 2. The SMILES string of the molecule is N#Cc1cccc(C#Cc2cc(C(=O)NCCCc3cn[nH]c3)ccc2CCC2C=CC=N2)c1. The molecule has 1 aliphatic heterocycles. The lowest BCUT2D eigenvalue weighted by molar-refractivity contribution is 0.0953. The Morgan fingerprint density at radius 1 is 1.12 bits per heavy atom. The minimum Gasteiger partial charge on any atom is -0.352 e. The van der Waals surface area contributed by atoms with E-state index >= 15 is 0 Å². The predicted octanol–water partition coefficient (Wildman–Crippen LogP) is 3.99. The molecule has 6 nitrogen and oxygen atoms in total. The molecule has 3 aromatic rings. The highest BCUT2D eigenvalue weighted by atomic mass is 16.1. The van der Waals surface area contributed by atoms with Gasteiger partial charge in [-0.2, -0.15) is 10.4 Å². The van der Waals surface area contributed by atoms with Gasteiger partial charge in [-0.3, -0.25) is 14.9 Å². The van der Waals surface area contributed by atoms with E-state index in [1.54, 1.807) is 18.3 Å². The van der Waals surface area contributed by atoms with Crippen molar-refractivity contribution in [3.05, 3.63) is 100 Å². The molecule has 0 fully saturated rings. The van der Waals surface area contributed by atoms with Crippen molar-refractivity contribution in [3.8, 4) is 17.9 Å². The van der Waals surface area contributed by atoms with Gasteiger partial charge >= 0.3 is 0 Å². The molecule has 4 rings (SSSR count). The van der Waals surface area contributed by atoms with Gasteiger partial charge in [0, 0.05) is 35.6 Å². The maximum Gasteiger partial charge on any atom is 0.251 e. The van der Waals surface area contributed by atoms with Crippen LogP contribution in [0.2, 0.25) is 0 Å².